The highest BCUT2D eigenvalue weighted by Gasteiger charge is 2.21. The summed E-state index contributed by atoms with van der Waals surface area (Å²) in [6.45, 7) is 5.74. The first kappa shape index (κ1) is 21.3. The number of benzene rings is 2. The quantitative estimate of drug-likeness (QED) is 0.712. The van der Waals surface area contributed by atoms with Gasteiger partial charge in [-0.3, -0.25) is 4.79 Å². The van der Waals surface area contributed by atoms with Crippen molar-refractivity contribution in [1.82, 2.24) is 5.32 Å². The van der Waals surface area contributed by atoms with Crippen LogP contribution in [0.2, 0.25) is 0 Å². The Hall–Kier alpha value is -3.02. The molecular formula is C22H27NO5. The summed E-state index contributed by atoms with van der Waals surface area (Å²) in [6, 6.07) is 16.7. The van der Waals surface area contributed by atoms with Crippen molar-refractivity contribution in [2.45, 2.75) is 51.9 Å². The van der Waals surface area contributed by atoms with E-state index in [-0.39, 0.29) is 6.42 Å². The monoisotopic (exact) mass is 385 g/mol. The summed E-state index contributed by atoms with van der Waals surface area (Å²) in [5, 5.41) is 11.8. The van der Waals surface area contributed by atoms with Gasteiger partial charge in [0.15, 0.2) is 0 Å². The summed E-state index contributed by atoms with van der Waals surface area (Å²) in [7, 11) is 0. The number of hydrogen-bond acceptors (Lipinski definition) is 4. The number of rotatable bonds is 8. The van der Waals surface area contributed by atoms with Gasteiger partial charge in [-0.1, -0.05) is 42.5 Å². The molecule has 28 heavy (non-hydrogen) atoms. The molecule has 2 aromatic carbocycles. The number of carboxylic acids is 1. The molecule has 2 aromatic rings. The van der Waals surface area contributed by atoms with Crippen LogP contribution in [0.5, 0.6) is 5.75 Å². The van der Waals surface area contributed by atoms with Crippen LogP contribution in [-0.2, 0) is 22.6 Å². The lowest BCUT2D eigenvalue weighted by molar-refractivity contribution is -0.137. The number of carbonyl (C=O) groups is 2. The smallest absolute Gasteiger partial charge is 0.407 e. The first-order chi connectivity index (χ1) is 13.2. The number of hydrogen-bond donors (Lipinski definition) is 2. The summed E-state index contributed by atoms with van der Waals surface area (Å²) in [5.41, 5.74) is 1.33. The van der Waals surface area contributed by atoms with Gasteiger partial charge in [0.25, 0.3) is 0 Å². The van der Waals surface area contributed by atoms with Crippen molar-refractivity contribution in [2.75, 3.05) is 0 Å². The second-order valence-corrected chi connectivity index (χ2v) is 7.56. The molecule has 2 N–H and O–H groups in total. The Kier molecular flexibility index (Phi) is 7.44. The lowest BCUT2D eigenvalue weighted by Gasteiger charge is -2.23. The van der Waals surface area contributed by atoms with E-state index in [1.54, 1.807) is 20.8 Å². The molecule has 2 rings (SSSR count). The highest BCUT2D eigenvalue weighted by atomic mass is 16.6. The molecule has 1 unspecified atom stereocenters. The summed E-state index contributed by atoms with van der Waals surface area (Å²) in [6.07, 6.45) is -0.433. The van der Waals surface area contributed by atoms with E-state index in [9.17, 15) is 9.59 Å². The van der Waals surface area contributed by atoms with Crippen molar-refractivity contribution in [3.63, 3.8) is 0 Å². The number of amides is 1. The van der Waals surface area contributed by atoms with Crippen LogP contribution >= 0.6 is 0 Å². The zero-order valence-electron chi connectivity index (χ0n) is 16.5. The third-order valence-electron chi connectivity index (χ3n) is 3.80. The second-order valence-electron chi connectivity index (χ2n) is 7.56. The maximum atomic E-state index is 12.0. The maximum Gasteiger partial charge on any atom is 0.407 e. The molecule has 0 aliphatic carbocycles. The van der Waals surface area contributed by atoms with Gasteiger partial charge >= 0.3 is 12.1 Å². The number of carbonyl (C=O) groups excluding carboxylic acids is 1. The lowest BCUT2D eigenvalue weighted by atomic mass is 10.0. The summed E-state index contributed by atoms with van der Waals surface area (Å²) in [4.78, 5) is 23.1. The highest BCUT2D eigenvalue weighted by Crippen LogP contribution is 2.16. The second kappa shape index (κ2) is 9.78. The Balaban J connectivity index is 1.93. The number of aliphatic carboxylic acids is 1. The van der Waals surface area contributed by atoms with Gasteiger partial charge in [0, 0.05) is 6.04 Å². The predicted octanol–water partition coefficient (Wildman–Crippen LogP) is 4.18. The van der Waals surface area contributed by atoms with Gasteiger partial charge in [-0.2, -0.15) is 0 Å². The molecule has 0 aliphatic heterocycles. The van der Waals surface area contributed by atoms with Crippen molar-refractivity contribution < 1.29 is 24.2 Å². The van der Waals surface area contributed by atoms with Gasteiger partial charge < -0.3 is 19.9 Å². The molecule has 0 aliphatic rings. The van der Waals surface area contributed by atoms with Crippen LogP contribution in [0.3, 0.4) is 0 Å². The molecule has 0 heterocycles. The first-order valence-corrected chi connectivity index (χ1v) is 9.18. The zero-order valence-corrected chi connectivity index (χ0v) is 16.5. The molecule has 150 valence electrons. The van der Waals surface area contributed by atoms with Crippen LogP contribution in [-0.4, -0.2) is 28.8 Å². The largest absolute Gasteiger partial charge is 0.489 e. The predicted molar refractivity (Wildman–Crippen MR) is 106 cm³/mol. The Bertz CT molecular complexity index is 766. The van der Waals surface area contributed by atoms with Crippen molar-refractivity contribution >= 4 is 12.1 Å². The van der Waals surface area contributed by atoms with Crippen molar-refractivity contribution in [3.8, 4) is 5.75 Å². The number of alkyl carbamates (subject to hydrolysis) is 1. The van der Waals surface area contributed by atoms with E-state index in [0.717, 1.165) is 16.9 Å². The number of ether oxygens (including phenoxy) is 2. The fraction of sp³-hybridized carbons (Fsp3) is 0.364. The number of carboxylic acid groups (broad SMARTS) is 1. The first-order valence-electron chi connectivity index (χ1n) is 9.18. The molecule has 6 heteroatoms. The Morgan fingerprint density at radius 3 is 2.21 bits per heavy atom. The minimum Gasteiger partial charge on any atom is -0.489 e. The fourth-order valence-electron chi connectivity index (χ4n) is 2.61. The minimum atomic E-state index is -0.983. The van der Waals surface area contributed by atoms with Gasteiger partial charge in [0.05, 0.1) is 6.42 Å². The molecule has 1 amide bonds. The van der Waals surface area contributed by atoms with Crippen molar-refractivity contribution in [3.05, 3.63) is 65.7 Å². The Labute approximate surface area is 165 Å². The van der Waals surface area contributed by atoms with E-state index < -0.39 is 23.7 Å². The lowest BCUT2D eigenvalue weighted by Crippen LogP contribution is -2.41. The zero-order chi connectivity index (χ0) is 20.6. The standard InChI is InChI=1S/C22H27NO5/c1-22(2,3)28-21(26)23-18(14-20(24)25)13-16-9-11-19(12-10-16)27-15-17-7-5-4-6-8-17/h4-12,18H,13-15H2,1-3H3,(H,23,26)(H,24,25). The molecule has 0 fully saturated rings. The van der Waals surface area contributed by atoms with Crippen LogP contribution in [0.4, 0.5) is 4.79 Å². The Morgan fingerprint density at radius 2 is 1.64 bits per heavy atom. The molecule has 1 atom stereocenters. The van der Waals surface area contributed by atoms with Crippen molar-refractivity contribution in [1.29, 1.82) is 0 Å². The molecule has 0 spiro atoms. The Morgan fingerprint density at radius 1 is 1.00 bits per heavy atom. The molecule has 0 saturated heterocycles. The summed E-state index contributed by atoms with van der Waals surface area (Å²) >= 11 is 0. The van der Waals surface area contributed by atoms with E-state index in [2.05, 4.69) is 5.32 Å². The molecule has 6 nitrogen and oxygen atoms in total. The van der Waals surface area contributed by atoms with E-state index in [4.69, 9.17) is 14.6 Å². The minimum absolute atomic E-state index is 0.189. The van der Waals surface area contributed by atoms with E-state index >= 15 is 0 Å². The molecule has 0 bridgehead atoms. The van der Waals surface area contributed by atoms with Crippen LogP contribution in [0.15, 0.2) is 54.6 Å². The van der Waals surface area contributed by atoms with Crippen LogP contribution < -0.4 is 10.1 Å². The van der Waals surface area contributed by atoms with Gasteiger partial charge in [0.1, 0.15) is 18.0 Å². The molecular weight excluding hydrogens is 358 g/mol. The van der Waals surface area contributed by atoms with Crippen LogP contribution in [0, 0.1) is 0 Å². The topological polar surface area (TPSA) is 84.9 Å². The average Bonchev–Trinajstić information content (AvgIpc) is 2.59. The van der Waals surface area contributed by atoms with Gasteiger partial charge in [-0.05, 0) is 50.5 Å². The van der Waals surface area contributed by atoms with Gasteiger partial charge in [-0.25, -0.2) is 4.79 Å². The fourth-order valence-corrected chi connectivity index (χ4v) is 2.61. The average molecular weight is 385 g/mol. The van der Waals surface area contributed by atoms with E-state index in [1.807, 2.05) is 54.6 Å². The third kappa shape index (κ3) is 8.12. The molecule has 0 radical (unpaired) electrons. The highest BCUT2D eigenvalue weighted by molar-refractivity contribution is 5.71. The summed E-state index contributed by atoms with van der Waals surface area (Å²) < 4.78 is 11.0. The third-order valence-corrected chi connectivity index (χ3v) is 3.80. The molecule has 0 saturated carbocycles. The van der Waals surface area contributed by atoms with Crippen LogP contribution in [0.25, 0.3) is 0 Å². The number of nitrogens with one attached hydrogen (secondary N) is 1. The van der Waals surface area contributed by atoms with E-state index in [1.165, 1.54) is 0 Å². The normalized spacial score (nSPS) is 12.1. The van der Waals surface area contributed by atoms with Gasteiger partial charge in [-0.15, -0.1) is 0 Å². The maximum absolute atomic E-state index is 12.0. The van der Waals surface area contributed by atoms with Crippen molar-refractivity contribution in [2.24, 2.45) is 0 Å². The summed E-state index contributed by atoms with van der Waals surface area (Å²) in [5.74, 6) is -0.258. The SMILES string of the molecule is CC(C)(C)OC(=O)NC(CC(=O)O)Cc1ccc(OCc2ccccc2)cc1. The molecule has 0 aromatic heterocycles. The van der Waals surface area contributed by atoms with Gasteiger partial charge in [0.2, 0.25) is 0 Å². The van der Waals surface area contributed by atoms with Crippen LogP contribution in [0.1, 0.15) is 38.3 Å². The van der Waals surface area contributed by atoms with E-state index in [0.29, 0.717) is 13.0 Å².